The Morgan fingerprint density at radius 1 is 1.53 bits per heavy atom. The van der Waals surface area contributed by atoms with Crippen LogP contribution in [0.25, 0.3) is 0 Å². The first kappa shape index (κ1) is 16.6. The van der Waals surface area contributed by atoms with Gasteiger partial charge in [0, 0.05) is 5.69 Å². The van der Waals surface area contributed by atoms with E-state index < -0.39 is 22.3 Å². The van der Waals surface area contributed by atoms with Gasteiger partial charge in [-0.3, -0.25) is 0 Å². The summed E-state index contributed by atoms with van der Waals surface area (Å²) in [7, 11) is 0. The van der Waals surface area contributed by atoms with Crippen LogP contribution in [0.3, 0.4) is 0 Å². The zero-order valence-corrected chi connectivity index (χ0v) is 13.7. The highest BCUT2D eigenvalue weighted by Crippen LogP contribution is 2.17. The number of aryl methyl sites for hydroxylation is 1. The standard InChI is InChI=1S/C13H18BrFN2OS/c1-13(2,3)19(18)16-9-10(15)7-8-11-5-4-6-12(14)17-11/h4-6,9-10H,7-8H2,1-3H3/t10-,19?/m1/s1. The molecule has 19 heavy (non-hydrogen) atoms. The number of alkyl halides is 1. The summed E-state index contributed by atoms with van der Waals surface area (Å²) in [5.41, 5.74) is 0.822. The van der Waals surface area contributed by atoms with E-state index in [1.165, 1.54) is 0 Å². The Hall–Kier alpha value is -0.460. The Morgan fingerprint density at radius 2 is 2.21 bits per heavy atom. The summed E-state index contributed by atoms with van der Waals surface area (Å²) in [4.78, 5) is 4.23. The summed E-state index contributed by atoms with van der Waals surface area (Å²) in [6.07, 6.45) is 0.745. The van der Waals surface area contributed by atoms with Gasteiger partial charge in [0.25, 0.3) is 0 Å². The molecule has 0 aliphatic carbocycles. The van der Waals surface area contributed by atoms with E-state index in [0.29, 0.717) is 6.42 Å². The van der Waals surface area contributed by atoms with E-state index in [2.05, 4.69) is 25.3 Å². The van der Waals surface area contributed by atoms with Crippen molar-refractivity contribution in [3.05, 3.63) is 28.5 Å². The van der Waals surface area contributed by atoms with Crippen LogP contribution < -0.4 is 0 Å². The van der Waals surface area contributed by atoms with E-state index in [1.54, 1.807) is 20.8 Å². The third-order valence-electron chi connectivity index (χ3n) is 2.29. The van der Waals surface area contributed by atoms with E-state index in [-0.39, 0.29) is 6.42 Å². The predicted molar refractivity (Wildman–Crippen MR) is 81.5 cm³/mol. The van der Waals surface area contributed by atoms with Crippen LogP contribution in [0.4, 0.5) is 4.39 Å². The molecule has 0 aliphatic rings. The largest absolute Gasteiger partial charge is 0.591 e. The average Bonchev–Trinajstić information content (AvgIpc) is 2.32. The quantitative estimate of drug-likeness (QED) is 0.463. The molecule has 106 valence electrons. The lowest BCUT2D eigenvalue weighted by Gasteiger charge is -2.17. The highest BCUT2D eigenvalue weighted by atomic mass is 79.9. The van der Waals surface area contributed by atoms with Crippen molar-refractivity contribution in [2.75, 3.05) is 0 Å². The molecule has 1 aromatic heterocycles. The van der Waals surface area contributed by atoms with E-state index in [0.717, 1.165) is 16.5 Å². The second-order valence-electron chi connectivity index (χ2n) is 5.12. The Labute approximate surface area is 125 Å². The Balaban J connectivity index is 2.44. The van der Waals surface area contributed by atoms with Gasteiger partial charge < -0.3 is 4.55 Å². The fourth-order valence-electron chi connectivity index (χ4n) is 1.23. The zero-order chi connectivity index (χ0) is 14.5. The van der Waals surface area contributed by atoms with Crippen LogP contribution in [0.5, 0.6) is 0 Å². The molecule has 1 heterocycles. The maximum absolute atomic E-state index is 13.6. The molecule has 1 unspecified atom stereocenters. The van der Waals surface area contributed by atoms with Crippen LogP contribution in [0.1, 0.15) is 32.9 Å². The lowest BCUT2D eigenvalue weighted by atomic mass is 10.2. The highest BCUT2D eigenvalue weighted by molar-refractivity contribution is 9.10. The fraction of sp³-hybridized carbons (Fsp3) is 0.538. The number of nitrogens with zero attached hydrogens (tertiary/aromatic N) is 2. The van der Waals surface area contributed by atoms with Crippen LogP contribution in [0.15, 0.2) is 27.2 Å². The lowest BCUT2D eigenvalue weighted by molar-refractivity contribution is 0.407. The van der Waals surface area contributed by atoms with Gasteiger partial charge in [-0.25, -0.2) is 9.37 Å². The van der Waals surface area contributed by atoms with Crippen molar-refractivity contribution in [1.29, 1.82) is 0 Å². The third-order valence-corrected chi connectivity index (χ3v) is 4.09. The van der Waals surface area contributed by atoms with Crippen molar-refractivity contribution in [3.8, 4) is 0 Å². The molecule has 0 N–H and O–H groups in total. The van der Waals surface area contributed by atoms with Crippen molar-refractivity contribution in [2.45, 2.75) is 44.5 Å². The number of hydrogen-bond acceptors (Lipinski definition) is 3. The summed E-state index contributed by atoms with van der Waals surface area (Å²) in [5, 5.41) is 0. The molecule has 6 heteroatoms. The predicted octanol–water partition coefficient (Wildman–Crippen LogP) is 3.65. The minimum absolute atomic E-state index is 0.286. The highest BCUT2D eigenvalue weighted by Gasteiger charge is 2.26. The maximum atomic E-state index is 13.6. The van der Waals surface area contributed by atoms with Gasteiger partial charge in [-0.15, -0.1) is 0 Å². The second-order valence-corrected chi connectivity index (χ2v) is 7.87. The molecule has 1 aromatic rings. The number of pyridine rings is 1. The third kappa shape index (κ3) is 6.49. The molecular weight excluding hydrogens is 331 g/mol. The van der Waals surface area contributed by atoms with Crippen LogP contribution >= 0.6 is 15.9 Å². The summed E-state index contributed by atoms with van der Waals surface area (Å²) < 4.78 is 29.3. The normalized spacial score (nSPS) is 15.7. The van der Waals surface area contributed by atoms with E-state index >= 15 is 0 Å². The summed E-state index contributed by atoms with van der Waals surface area (Å²) in [6.45, 7) is 5.41. The maximum Gasteiger partial charge on any atom is 0.144 e. The number of halogens is 2. The summed E-state index contributed by atoms with van der Waals surface area (Å²) >= 11 is 1.87. The minimum atomic E-state index is -1.40. The summed E-state index contributed by atoms with van der Waals surface area (Å²) in [5.74, 6) is 0. The molecule has 0 saturated carbocycles. The SMILES string of the molecule is CC(C)(C)[S+]([O-])N=C[C@H](F)CCc1cccc(Br)n1. The van der Waals surface area contributed by atoms with Crippen LogP contribution in [-0.4, -0.2) is 26.7 Å². The van der Waals surface area contributed by atoms with Gasteiger partial charge in [-0.2, -0.15) is 0 Å². The molecule has 0 bridgehead atoms. The van der Waals surface area contributed by atoms with E-state index in [1.807, 2.05) is 18.2 Å². The first-order chi connectivity index (χ1) is 8.79. The minimum Gasteiger partial charge on any atom is -0.591 e. The molecule has 0 spiro atoms. The van der Waals surface area contributed by atoms with Crippen LogP contribution in [0, 0.1) is 0 Å². The van der Waals surface area contributed by atoms with Crippen molar-refractivity contribution < 1.29 is 8.94 Å². The molecular formula is C13H18BrFN2OS. The Morgan fingerprint density at radius 3 is 2.79 bits per heavy atom. The smallest absolute Gasteiger partial charge is 0.144 e. The van der Waals surface area contributed by atoms with E-state index in [9.17, 15) is 8.94 Å². The van der Waals surface area contributed by atoms with E-state index in [4.69, 9.17) is 0 Å². The fourth-order valence-corrected chi connectivity index (χ4v) is 2.17. The Bertz CT molecular complexity index is 437. The molecule has 0 aliphatic heterocycles. The topological polar surface area (TPSA) is 48.3 Å². The average molecular weight is 349 g/mol. The van der Waals surface area contributed by atoms with Crippen molar-refractivity contribution >= 4 is 33.5 Å². The summed E-state index contributed by atoms with van der Waals surface area (Å²) in [6, 6.07) is 5.54. The first-order valence-electron chi connectivity index (χ1n) is 6.01. The second kappa shape index (κ2) is 7.36. The molecule has 2 atom stereocenters. The van der Waals surface area contributed by atoms with Crippen LogP contribution in [-0.2, 0) is 17.8 Å². The molecule has 0 aromatic carbocycles. The molecule has 0 fully saturated rings. The van der Waals surface area contributed by atoms with Gasteiger partial charge in [0.1, 0.15) is 26.9 Å². The van der Waals surface area contributed by atoms with Crippen molar-refractivity contribution in [3.63, 3.8) is 0 Å². The van der Waals surface area contributed by atoms with Gasteiger partial charge in [-0.1, -0.05) is 10.5 Å². The van der Waals surface area contributed by atoms with Gasteiger partial charge in [0.05, 0.1) is 6.21 Å². The van der Waals surface area contributed by atoms with Crippen molar-refractivity contribution in [2.24, 2.45) is 4.40 Å². The van der Waals surface area contributed by atoms with Gasteiger partial charge in [0.15, 0.2) is 0 Å². The molecule has 1 rings (SSSR count). The van der Waals surface area contributed by atoms with Crippen LogP contribution in [0.2, 0.25) is 0 Å². The zero-order valence-electron chi connectivity index (χ0n) is 11.3. The number of aromatic nitrogens is 1. The monoisotopic (exact) mass is 348 g/mol. The van der Waals surface area contributed by atoms with Gasteiger partial charge in [-0.05, 0) is 61.7 Å². The molecule has 3 nitrogen and oxygen atoms in total. The molecule has 0 amide bonds. The lowest BCUT2D eigenvalue weighted by Crippen LogP contribution is -2.26. The first-order valence-corrected chi connectivity index (χ1v) is 7.90. The van der Waals surface area contributed by atoms with Crippen molar-refractivity contribution in [1.82, 2.24) is 4.98 Å². The molecule has 0 saturated heterocycles. The number of hydrogen-bond donors (Lipinski definition) is 0. The van der Waals surface area contributed by atoms with Gasteiger partial charge in [0.2, 0.25) is 0 Å². The molecule has 0 radical (unpaired) electrons. The Kier molecular flexibility index (Phi) is 6.42. The number of rotatable bonds is 5. The van der Waals surface area contributed by atoms with Gasteiger partial charge >= 0.3 is 0 Å².